The molecule has 1 amide bonds. The molecule has 0 unspecified atom stereocenters. The van der Waals surface area contributed by atoms with Gasteiger partial charge in [-0.05, 0) is 18.2 Å². The van der Waals surface area contributed by atoms with Crippen LogP contribution < -0.4 is 11.1 Å². The van der Waals surface area contributed by atoms with Crippen molar-refractivity contribution in [3.63, 3.8) is 0 Å². The Balaban J connectivity index is 1.70. The largest absolute Gasteiger partial charge is 0.375 e. The van der Waals surface area contributed by atoms with E-state index in [9.17, 15) is 4.79 Å². The van der Waals surface area contributed by atoms with E-state index in [0.29, 0.717) is 16.5 Å². The van der Waals surface area contributed by atoms with E-state index in [1.165, 1.54) is 11.3 Å². The van der Waals surface area contributed by atoms with Gasteiger partial charge in [0, 0.05) is 11.1 Å². The lowest BCUT2D eigenvalue weighted by atomic mass is 10.2. The van der Waals surface area contributed by atoms with Gasteiger partial charge in [-0.3, -0.25) is 9.36 Å². The number of benzene rings is 1. The molecule has 21 heavy (non-hydrogen) atoms. The van der Waals surface area contributed by atoms with Gasteiger partial charge in [-0.15, -0.1) is 21.5 Å². The van der Waals surface area contributed by atoms with Crippen molar-refractivity contribution in [2.45, 2.75) is 6.42 Å². The third kappa shape index (κ3) is 3.23. The van der Waals surface area contributed by atoms with E-state index < -0.39 is 0 Å². The van der Waals surface area contributed by atoms with Crippen LogP contribution in [0.15, 0.2) is 42.3 Å². The van der Waals surface area contributed by atoms with Crippen molar-refractivity contribution >= 4 is 28.1 Å². The van der Waals surface area contributed by atoms with Crippen LogP contribution in [0.1, 0.15) is 5.69 Å². The summed E-state index contributed by atoms with van der Waals surface area (Å²) in [6, 6.07) is 7.42. The molecule has 2 aromatic heterocycles. The molecule has 0 saturated heterocycles. The maximum atomic E-state index is 12.0. The lowest BCUT2D eigenvalue weighted by molar-refractivity contribution is -0.115. The zero-order chi connectivity index (χ0) is 14.7. The van der Waals surface area contributed by atoms with E-state index in [0.717, 1.165) is 5.69 Å². The van der Waals surface area contributed by atoms with E-state index >= 15 is 0 Å². The zero-order valence-corrected chi connectivity index (χ0v) is 11.7. The molecule has 0 spiro atoms. The van der Waals surface area contributed by atoms with Crippen LogP contribution in [0.4, 0.5) is 10.8 Å². The van der Waals surface area contributed by atoms with Crippen molar-refractivity contribution < 1.29 is 4.79 Å². The Bertz CT molecular complexity index is 752. The van der Waals surface area contributed by atoms with Crippen LogP contribution in [-0.2, 0) is 11.2 Å². The number of aromatic nitrogens is 4. The maximum absolute atomic E-state index is 12.0. The van der Waals surface area contributed by atoms with Crippen LogP contribution in [0.25, 0.3) is 5.69 Å². The van der Waals surface area contributed by atoms with Crippen LogP contribution in [0.2, 0.25) is 0 Å². The number of thiazole rings is 1. The van der Waals surface area contributed by atoms with Crippen LogP contribution in [0.5, 0.6) is 0 Å². The van der Waals surface area contributed by atoms with Gasteiger partial charge in [0.2, 0.25) is 5.91 Å². The summed E-state index contributed by atoms with van der Waals surface area (Å²) in [4.78, 5) is 16.0. The van der Waals surface area contributed by atoms with Gasteiger partial charge in [0.05, 0.1) is 17.8 Å². The highest BCUT2D eigenvalue weighted by molar-refractivity contribution is 7.13. The molecule has 3 N–H and O–H groups in total. The number of carbonyl (C=O) groups excluding carboxylic acids is 1. The maximum Gasteiger partial charge on any atom is 0.230 e. The zero-order valence-electron chi connectivity index (χ0n) is 10.9. The molecule has 106 valence electrons. The lowest BCUT2D eigenvalue weighted by Gasteiger charge is -2.07. The first-order chi connectivity index (χ1) is 10.2. The van der Waals surface area contributed by atoms with Gasteiger partial charge in [0.25, 0.3) is 0 Å². The third-order valence-electron chi connectivity index (χ3n) is 2.76. The quantitative estimate of drug-likeness (QED) is 0.760. The Morgan fingerprint density at radius 2 is 2.14 bits per heavy atom. The van der Waals surface area contributed by atoms with Gasteiger partial charge < -0.3 is 11.1 Å². The predicted octanol–water partition coefficient (Wildman–Crippen LogP) is 1.49. The first kappa shape index (κ1) is 13.3. The Hall–Kier alpha value is -2.74. The highest BCUT2D eigenvalue weighted by atomic mass is 32.1. The molecule has 3 rings (SSSR count). The summed E-state index contributed by atoms with van der Waals surface area (Å²) in [5, 5.41) is 12.6. The second kappa shape index (κ2) is 5.71. The minimum absolute atomic E-state index is 0.138. The second-order valence-electron chi connectivity index (χ2n) is 4.32. The van der Waals surface area contributed by atoms with Gasteiger partial charge >= 0.3 is 0 Å². The number of carbonyl (C=O) groups is 1. The average molecular weight is 300 g/mol. The van der Waals surface area contributed by atoms with Crippen LogP contribution in [-0.4, -0.2) is 25.7 Å². The summed E-state index contributed by atoms with van der Waals surface area (Å²) in [7, 11) is 0. The monoisotopic (exact) mass is 300 g/mol. The predicted molar refractivity (Wildman–Crippen MR) is 80.2 cm³/mol. The normalized spacial score (nSPS) is 10.5. The Kier molecular flexibility index (Phi) is 3.61. The minimum Gasteiger partial charge on any atom is -0.375 e. The molecule has 3 aromatic rings. The molecule has 8 heteroatoms. The van der Waals surface area contributed by atoms with Crippen molar-refractivity contribution in [2.75, 3.05) is 11.1 Å². The molecular formula is C13H12N6OS. The van der Waals surface area contributed by atoms with Gasteiger partial charge in [-0.2, -0.15) is 0 Å². The fourth-order valence-corrected chi connectivity index (χ4v) is 2.41. The molecule has 0 aliphatic heterocycles. The molecule has 7 nitrogen and oxygen atoms in total. The van der Waals surface area contributed by atoms with Crippen molar-refractivity contribution in [1.29, 1.82) is 0 Å². The van der Waals surface area contributed by atoms with Crippen LogP contribution in [0.3, 0.4) is 0 Å². The number of nitrogen functional groups attached to an aromatic ring is 1. The van der Waals surface area contributed by atoms with Gasteiger partial charge in [0.1, 0.15) is 12.7 Å². The summed E-state index contributed by atoms with van der Waals surface area (Å²) in [5.74, 6) is -0.138. The summed E-state index contributed by atoms with van der Waals surface area (Å²) >= 11 is 1.32. The highest BCUT2D eigenvalue weighted by Crippen LogP contribution is 2.15. The van der Waals surface area contributed by atoms with E-state index in [4.69, 9.17) is 5.73 Å². The Morgan fingerprint density at radius 1 is 1.33 bits per heavy atom. The molecule has 0 bridgehead atoms. The number of nitrogens with two attached hydrogens (primary N) is 1. The average Bonchev–Trinajstić information content (AvgIpc) is 3.11. The summed E-state index contributed by atoms with van der Waals surface area (Å²) < 4.78 is 1.76. The minimum atomic E-state index is -0.138. The topological polar surface area (TPSA) is 98.7 Å². The molecule has 2 heterocycles. The fourth-order valence-electron chi connectivity index (χ4n) is 1.85. The van der Waals surface area contributed by atoms with Crippen molar-refractivity contribution in [2.24, 2.45) is 0 Å². The molecule has 0 fully saturated rings. The molecule has 0 radical (unpaired) electrons. The number of amides is 1. The molecule has 0 aliphatic rings. The summed E-state index contributed by atoms with van der Waals surface area (Å²) in [5.41, 5.74) is 7.79. The SMILES string of the molecule is Nc1nc(CC(=O)Nc2cccc(-n3cnnc3)c2)cs1. The van der Waals surface area contributed by atoms with Crippen molar-refractivity contribution in [3.05, 3.63) is 48.0 Å². The molecule has 1 aromatic carbocycles. The van der Waals surface area contributed by atoms with E-state index in [2.05, 4.69) is 20.5 Å². The van der Waals surface area contributed by atoms with Crippen LogP contribution in [0, 0.1) is 0 Å². The standard InChI is InChI=1S/C13H12N6OS/c14-13-18-10(6-21-13)5-12(20)17-9-2-1-3-11(4-9)19-7-15-16-8-19/h1-4,6-8H,5H2,(H2,14,18)(H,17,20). The Morgan fingerprint density at radius 3 is 2.86 bits per heavy atom. The summed E-state index contributed by atoms with van der Waals surface area (Å²) in [6.45, 7) is 0. The van der Waals surface area contributed by atoms with Gasteiger partial charge in [-0.25, -0.2) is 4.98 Å². The van der Waals surface area contributed by atoms with Gasteiger partial charge in [0.15, 0.2) is 5.13 Å². The summed E-state index contributed by atoms with van der Waals surface area (Å²) in [6.07, 6.45) is 3.39. The first-order valence-electron chi connectivity index (χ1n) is 6.15. The number of nitrogens with zero attached hydrogens (tertiary/aromatic N) is 4. The Labute approximate surface area is 124 Å². The van der Waals surface area contributed by atoms with Crippen molar-refractivity contribution in [1.82, 2.24) is 19.7 Å². The number of hydrogen-bond donors (Lipinski definition) is 2. The van der Waals surface area contributed by atoms with Crippen molar-refractivity contribution in [3.8, 4) is 5.69 Å². The second-order valence-corrected chi connectivity index (χ2v) is 5.21. The van der Waals surface area contributed by atoms with Crippen LogP contribution >= 0.6 is 11.3 Å². The number of rotatable bonds is 4. The van der Waals surface area contributed by atoms with Gasteiger partial charge in [-0.1, -0.05) is 6.07 Å². The van der Waals surface area contributed by atoms with E-state index in [1.54, 1.807) is 22.6 Å². The number of nitrogens with one attached hydrogen (secondary N) is 1. The molecule has 0 atom stereocenters. The lowest BCUT2D eigenvalue weighted by Crippen LogP contribution is -2.14. The smallest absolute Gasteiger partial charge is 0.230 e. The fraction of sp³-hybridized carbons (Fsp3) is 0.0769. The molecule has 0 saturated carbocycles. The first-order valence-corrected chi connectivity index (χ1v) is 7.03. The van der Waals surface area contributed by atoms with E-state index in [1.807, 2.05) is 24.3 Å². The van der Waals surface area contributed by atoms with E-state index in [-0.39, 0.29) is 12.3 Å². The molecular weight excluding hydrogens is 288 g/mol. The number of anilines is 2. The molecule has 0 aliphatic carbocycles. The third-order valence-corrected chi connectivity index (χ3v) is 3.48. The number of hydrogen-bond acceptors (Lipinski definition) is 6. The highest BCUT2D eigenvalue weighted by Gasteiger charge is 2.07.